The third-order valence-corrected chi connectivity index (χ3v) is 3.54. The van der Waals surface area contributed by atoms with E-state index in [1.807, 2.05) is 0 Å². The van der Waals surface area contributed by atoms with Gasteiger partial charge in [0.1, 0.15) is 5.72 Å². The van der Waals surface area contributed by atoms with Gasteiger partial charge in [-0.05, 0) is 19.3 Å². The first-order valence-electron chi connectivity index (χ1n) is 5.56. The van der Waals surface area contributed by atoms with Crippen molar-refractivity contribution < 1.29 is 9.47 Å². The number of hydrogen-bond donors (Lipinski definition) is 2. The molecule has 3 rings (SSSR count). The average molecular weight is 198 g/mol. The van der Waals surface area contributed by atoms with Crippen LogP contribution in [-0.4, -0.2) is 44.2 Å². The number of rotatable bonds is 0. The van der Waals surface area contributed by atoms with Crippen LogP contribution in [0.1, 0.15) is 19.3 Å². The summed E-state index contributed by atoms with van der Waals surface area (Å²) in [5.74, 6) is 0. The molecule has 4 nitrogen and oxygen atoms in total. The van der Waals surface area contributed by atoms with Crippen molar-refractivity contribution in [2.45, 2.75) is 30.6 Å². The number of nitrogens with one attached hydrogen (secondary N) is 2. The van der Waals surface area contributed by atoms with Crippen molar-refractivity contribution in [2.75, 3.05) is 32.8 Å². The topological polar surface area (TPSA) is 42.5 Å². The molecule has 0 aromatic carbocycles. The molecule has 0 aliphatic carbocycles. The third-order valence-electron chi connectivity index (χ3n) is 3.54. The van der Waals surface area contributed by atoms with E-state index in [-0.39, 0.29) is 11.3 Å². The predicted octanol–water partition coefficient (Wildman–Crippen LogP) is -0.155. The highest BCUT2D eigenvalue weighted by Crippen LogP contribution is 2.34. The zero-order valence-electron chi connectivity index (χ0n) is 8.47. The average Bonchev–Trinajstić information content (AvgIpc) is 2.17. The van der Waals surface area contributed by atoms with E-state index in [2.05, 4.69) is 10.6 Å². The number of hydrogen-bond acceptors (Lipinski definition) is 4. The van der Waals surface area contributed by atoms with Gasteiger partial charge in [-0.15, -0.1) is 0 Å². The lowest BCUT2D eigenvalue weighted by atomic mass is 9.88. The first-order valence-corrected chi connectivity index (χ1v) is 5.56. The molecule has 0 saturated carbocycles. The summed E-state index contributed by atoms with van der Waals surface area (Å²) in [5.41, 5.74) is -0.0510. The molecule has 3 aliphatic rings. The second kappa shape index (κ2) is 3.17. The molecule has 14 heavy (non-hydrogen) atoms. The molecular formula is C10H18N2O2. The van der Waals surface area contributed by atoms with Crippen LogP contribution in [0.25, 0.3) is 0 Å². The lowest BCUT2D eigenvalue weighted by Gasteiger charge is -2.54. The zero-order valence-corrected chi connectivity index (χ0v) is 8.47. The first kappa shape index (κ1) is 9.09. The molecule has 3 fully saturated rings. The van der Waals surface area contributed by atoms with E-state index in [9.17, 15) is 0 Å². The minimum atomic E-state index is -0.168. The lowest BCUT2D eigenvalue weighted by Crippen LogP contribution is -2.72. The van der Waals surface area contributed by atoms with Gasteiger partial charge in [-0.1, -0.05) is 0 Å². The van der Waals surface area contributed by atoms with Gasteiger partial charge < -0.3 is 14.8 Å². The van der Waals surface area contributed by atoms with Crippen LogP contribution in [0.3, 0.4) is 0 Å². The fourth-order valence-electron chi connectivity index (χ4n) is 2.66. The van der Waals surface area contributed by atoms with E-state index in [0.717, 1.165) is 52.1 Å². The Morgan fingerprint density at radius 1 is 1.14 bits per heavy atom. The van der Waals surface area contributed by atoms with Crippen molar-refractivity contribution >= 4 is 0 Å². The summed E-state index contributed by atoms with van der Waals surface area (Å²) in [6, 6.07) is 0. The fraction of sp³-hybridized carbons (Fsp3) is 1.00. The van der Waals surface area contributed by atoms with E-state index in [1.54, 1.807) is 0 Å². The highest BCUT2D eigenvalue weighted by atomic mass is 16.6. The summed E-state index contributed by atoms with van der Waals surface area (Å²) in [5, 5.41) is 6.78. The van der Waals surface area contributed by atoms with E-state index in [4.69, 9.17) is 9.47 Å². The Bertz CT molecular complexity index is 217. The van der Waals surface area contributed by atoms with Crippen LogP contribution < -0.4 is 10.6 Å². The summed E-state index contributed by atoms with van der Waals surface area (Å²) in [7, 11) is 0. The van der Waals surface area contributed by atoms with E-state index >= 15 is 0 Å². The Kier molecular flexibility index (Phi) is 2.06. The maximum Gasteiger partial charge on any atom is 0.143 e. The molecular weight excluding hydrogens is 180 g/mol. The van der Waals surface area contributed by atoms with Crippen molar-refractivity contribution in [1.82, 2.24) is 10.6 Å². The summed E-state index contributed by atoms with van der Waals surface area (Å²) < 4.78 is 11.8. The van der Waals surface area contributed by atoms with Gasteiger partial charge >= 0.3 is 0 Å². The molecule has 0 aromatic rings. The van der Waals surface area contributed by atoms with Crippen LogP contribution >= 0.6 is 0 Å². The lowest BCUT2D eigenvalue weighted by molar-refractivity contribution is -0.251. The van der Waals surface area contributed by atoms with Gasteiger partial charge in [0.15, 0.2) is 0 Å². The van der Waals surface area contributed by atoms with Crippen molar-refractivity contribution in [3.63, 3.8) is 0 Å². The fourth-order valence-corrected chi connectivity index (χ4v) is 2.66. The predicted molar refractivity (Wildman–Crippen MR) is 52.1 cm³/mol. The van der Waals surface area contributed by atoms with Gasteiger partial charge in [0.25, 0.3) is 0 Å². The van der Waals surface area contributed by atoms with Crippen molar-refractivity contribution in [2.24, 2.45) is 0 Å². The molecule has 3 aliphatic heterocycles. The molecule has 0 amide bonds. The quantitative estimate of drug-likeness (QED) is 0.568. The third kappa shape index (κ3) is 1.37. The van der Waals surface area contributed by atoms with Gasteiger partial charge in [-0.2, -0.15) is 0 Å². The Balaban J connectivity index is 1.73. The van der Waals surface area contributed by atoms with Crippen molar-refractivity contribution in [3.05, 3.63) is 0 Å². The molecule has 1 unspecified atom stereocenters. The maximum absolute atomic E-state index is 6.24. The second-order valence-electron chi connectivity index (χ2n) is 4.72. The molecule has 0 radical (unpaired) electrons. The normalized spacial score (nSPS) is 41.1. The van der Waals surface area contributed by atoms with E-state index < -0.39 is 0 Å². The molecule has 0 aromatic heterocycles. The molecule has 4 heteroatoms. The van der Waals surface area contributed by atoms with Crippen LogP contribution in [0.4, 0.5) is 0 Å². The zero-order chi connectivity index (χ0) is 9.49. The molecule has 2 N–H and O–H groups in total. The first-order chi connectivity index (χ1) is 6.83. The Morgan fingerprint density at radius 3 is 2.71 bits per heavy atom. The highest BCUT2D eigenvalue weighted by Gasteiger charge is 2.49. The molecule has 3 heterocycles. The second-order valence-corrected chi connectivity index (χ2v) is 4.72. The monoisotopic (exact) mass is 198 g/mol. The van der Waals surface area contributed by atoms with Gasteiger partial charge in [-0.3, -0.25) is 5.32 Å². The van der Waals surface area contributed by atoms with Gasteiger partial charge in [0, 0.05) is 26.2 Å². The van der Waals surface area contributed by atoms with Crippen LogP contribution in [0, 0.1) is 0 Å². The largest absolute Gasteiger partial charge is 0.377 e. The minimum absolute atomic E-state index is 0.117. The number of ether oxygens (including phenoxy) is 2. The standard InChI is InChI=1S/C10H18N2O2/c1-2-10(8-13-5-1)12-4-3-9(14-10)6-11-7-9/h11-12H,1-8H2. The van der Waals surface area contributed by atoms with Crippen molar-refractivity contribution in [3.8, 4) is 0 Å². The van der Waals surface area contributed by atoms with E-state index in [1.165, 1.54) is 0 Å². The molecule has 2 spiro atoms. The van der Waals surface area contributed by atoms with Crippen LogP contribution in [0.2, 0.25) is 0 Å². The smallest absolute Gasteiger partial charge is 0.143 e. The van der Waals surface area contributed by atoms with E-state index in [0.29, 0.717) is 0 Å². The SMILES string of the molecule is C1COCC2(C1)NCCC1(CNC1)O2. The minimum Gasteiger partial charge on any atom is -0.377 e. The van der Waals surface area contributed by atoms with Crippen molar-refractivity contribution in [1.29, 1.82) is 0 Å². The highest BCUT2D eigenvalue weighted by molar-refractivity contribution is 5.01. The van der Waals surface area contributed by atoms with Gasteiger partial charge in [-0.25, -0.2) is 0 Å². The molecule has 80 valence electrons. The summed E-state index contributed by atoms with van der Waals surface area (Å²) >= 11 is 0. The Hall–Kier alpha value is -0.160. The molecule has 0 bridgehead atoms. The molecule has 1 atom stereocenters. The summed E-state index contributed by atoms with van der Waals surface area (Å²) in [6.07, 6.45) is 3.33. The summed E-state index contributed by atoms with van der Waals surface area (Å²) in [4.78, 5) is 0. The van der Waals surface area contributed by atoms with Crippen LogP contribution in [0.5, 0.6) is 0 Å². The summed E-state index contributed by atoms with van der Waals surface area (Å²) in [6.45, 7) is 4.69. The van der Waals surface area contributed by atoms with Gasteiger partial charge in [0.05, 0.1) is 12.2 Å². The Labute approximate surface area is 84.3 Å². The van der Waals surface area contributed by atoms with Crippen LogP contribution in [0.15, 0.2) is 0 Å². The maximum atomic E-state index is 6.24. The van der Waals surface area contributed by atoms with Gasteiger partial charge in [0.2, 0.25) is 0 Å². The Morgan fingerprint density at radius 2 is 2.07 bits per heavy atom. The van der Waals surface area contributed by atoms with Crippen LogP contribution in [-0.2, 0) is 9.47 Å². The molecule has 3 saturated heterocycles.